The summed E-state index contributed by atoms with van der Waals surface area (Å²) in [5, 5.41) is 3.03. The predicted molar refractivity (Wildman–Crippen MR) is 113 cm³/mol. The molecule has 158 valence electrons. The van der Waals surface area contributed by atoms with E-state index in [0.29, 0.717) is 42.6 Å². The molecule has 2 aromatic carbocycles. The molecule has 1 N–H and O–H groups in total. The molecule has 0 saturated heterocycles. The van der Waals surface area contributed by atoms with Gasteiger partial charge in [-0.25, -0.2) is 0 Å². The van der Waals surface area contributed by atoms with Crippen molar-refractivity contribution in [3.8, 4) is 23.0 Å². The highest BCUT2D eigenvalue weighted by Gasteiger charge is 2.21. The van der Waals surface area contributed by atoms with Gasteiger partial charge in [-0.15, -0.1) is 0 Å². The minimum Gasteiger partial charge on any atom is -0.497 e. The predicted octanol–water partition coefficient (Wildman–Crippen LogP) is 4.53. The second kappa shape index (κ2) is 11.2. The van der Waals surface area contributed by atoms with Crippen LogP contribution in [0.25, 0.3) is 0 Å². The molecule has 0 fully saturated rings. The lowest BCUT2D eigenvalue weighted by Crippen LogP contribution is -2.39. The third-order valence-electron chi connectivity index (χ3n) is 4.41. The maximum Gasteiger partial charge on any atom is 0.261 e. The molecule has 1 amide bonds. The molecular formula is C23H31NO5. The first-order valence-electron chi connectivity index (χ1n) is 10.0. The summed E-state index contributed by atoms with van der Waals surface area (Å²) in [6, 6.07) is 12.7. The Balaban J connectivity index is 2.08. The number of benzene rings is 2. The van der Waals surface area contributed by atoms with Crippen LogP contribution in [0, 0.1) is 0 Å². The standard InChI is InChI=1S/C23H31NO5/c1-6-20(29-19-11-9-10-18(15-19)26-5)23(25)24-16(4)17-12-13-21(27-7-2)22(14-17)28-8-3/h9-16,20H,6-8H2,1-5H3,(H,24,25)/t16-,20-/m0/s1. The van der Waals surface area contributed by atoms with Crippen LogP contribution in [0.2, 0.25) is 0 Å². The van der Waals surface area contributed by atoms with E-state index in [1.807, 2.05) is 64.1 Å². The highest BCUT2D eigenvalue weighted by molar-refractivity contribution is 5.81. The highest BCUT2D eigenvalue weighted by Crippen LogP contribution is 2.31. The Morgan fingerprint density at radius 2 is 1.66 bits per heavy atom. The van der Waals surface area contributed by atoms with Gasteiger partial charge < -0.3 is 24.3 Å². The van der Waals surface area contributed by atoms with Crippen LogP contribution in [0.3, 0.4) is 0 Å². The molecule has 0 unspecified atom stereocenters. The molecule has 0 radical (unpaired) electrons. The van der Waals surface area contributed by atoms with Crippen LogP contribution in [0.5, 0.6) is 23.0 Å². The highest BCUT2D eigenvalue weighted by atomic mass is 16.5. The van der Waals surface area contributed by atoms with Crippen molar-refractivity contribution in [2.75, 3.05) is 20.3 Å². The second-order valence-electron chi connectivity index (χ2n) is 6.50. The summed E-state index contributed by atoms with van der Waals surface area (Å²) in [6.07, 6.45) is -0.0536. The van der Waals surface area contributed by atoms with E-state index < -0.39 is 6.10 Å². The molecule has 29 heavy (non-hydrogen) atoms. The summed E-state index contributed by atoms with van der Waals surface area (Å²) in [7, 11) is 1.60. The largest absolute Gasteiger partial charge is 0.497 e. The molecule has 2 aromatic rings. The molecule has 2 rings (SSSR count). The van der Waals surface area contributed by atoms with Gasteiger partial charge in [-0.2, -0.15) is 0 Å². The Morgan fingerprint density at radius 1 is 0.966 bits per heavy atom. The van der Waals surface area contributed by atoms with Gasteiger partial charge in [-0.05, 0) is 57.0 Å². The molecule has 0 aliphatic carbocycles. The molecule has 0 aliphatic rings. The number of ether oxygens (including phenoxy) is 4. The molecule has 0 saturated carbocycles. The molecule has 6 nitrogen and oxygen atoms in total. The van der Waals surface area contributed by atoms with E-state index in [2.05, 4.69) is 5.32 Å². The van der Waals surface area contributed by atoms with Crippen molar-refractivity contribution in [1.82, 2.24) is 5.32 Å². The van der Waals surface area contributed by atoms with Gasteiger partial charge in [0.25, 0.3) is 5.91 Å². The summed E-state index contributed by atoms with van der Waals surface area (Å²) in [6.45, 7) is 8.80. The average molecular weight is 402 g/mol. The third kappa shape index (κ3) is 6.31. The number of carbonyl (C=O) groups excluding carboxylic acids is 1. The van der Waals surface area contributed by atoms with Crippen molar-refractivity contribution < 1.29 is 23.7 Å². The summed E-state index contributed by atoms with van der Waals surface area (Å²) < 4.78 is 22.4. The van der Waals surface area contributed by atoms with Gasteiger partial charge in [-0.1, -0.05) is 19.1 Å². The molecule has 0 aliphatic heterocycles. The van der Waals surface area contributed by atoms with Gasteiger partial charge in [0, 0.05) is 6.07 Å². The van der Waals surface area contributed by atoms with Crippen molar-refractivity contribution in [2.45, 2.75) is 46.3 Å². The number of hydrogen-bond donors (Lipinski definition) is 1. The quantitative estimate of drug-likeness (QED) is 0.599. The maximum atomic E-state index is 12.8. The molecule has 6 heteroatoms. The fraction of sp³-hybridized carbons (Fsp3) is 0.435. The Morgan fingerprint density at radius 3 is 2.31 bits per heavy atom. The first-order chi connectivity index (χ1) is 14.0. The first kappa shape index (κ1) is 22.4. The van der Waals surface area contributed by atoms with E-state index in [0.717, 1.165) is 5.56 Å². The maximum absolute atomic E-state index is 12.8. The molecule has 2 atom stereocenters. The summed E-state index contributed by atoms with van der Waals surface area (Å²) >= 11 is 0. The zero-order valence-electron chi connectivity index (χ0n) is 17.9. The number of rotatable bonds is 11. The van der Waals surface area contributed by atoms with Gasteiger partial charge in [0.05, 0.1) is 26.4 Å². The van der Waals surface area contributed by atoms with Crippen molar-refractivity contribution in [1.29, 1.82) is 0 Å². The SMILES string of the molecule is CCOc1ccc([C@H](C)NC(=O)[C@H](CC)Oc2cccc(OC)c2)cc1OCC. The van der Waals surface area contributed by atoms with E-state index in [-0.39, 0.29) is 11.9 Å². The average Bonchev–Trinajstić information content (AvgIpc) is 2.73. The zero-order chi connectivity index (χ0) is 21.2. The third-order valence-corrected chi connectivity index (χ3v) is 4.41. The first-order valence-corrected chi connectivity index (χ1v) is 10.0. The van der Waals surface area contributed by atoms with E-state index >= 15 is 0 Å². The molecule has 0 bridgehead atoms. The van der Waals surface area contributed by atoms with E-state index in [1.54, 1.807) is 13.2 Å². The normalized spacial score (nSPS) is 12.6. The lowest BCUT2D eigenvalue weighted by molar-refractivity contribution is -0.128. The summed E-state index contributed by atoms with van der Waals surface area (Å²) in [5.41, 5.74) is 0.932. The Kier molecular flexibility index (Phi) is 8.65. The molecule has 0 aromatic heterocycles. The van der Waals surface area contributed by atoms with Crippen molar-refractivity contribution in [3.63, 3.8) is 0 Å². The molecular weight excluding hydrogens is 370 g/mol. The van der Waals surface area contributed by atoms with E-state index in [4.69, 9.17) is 18.9 Å². The second-order valence-corrected chi connectivity index (χ2v) is 6.50. The van der Waals surface area contributed by atoms with Gasteiger partial charge in [0.1, 0.15) is 11.5 Å². The topological polar surface area (TPSA) is 66.0 Å². The number of carbonyl (C=O) groups is 1. The van der Waals surface area contributed by atoms with Crippen molar-refractivity contribution in [2.24, 2.45) is 0 Å². The van der Waals surface area contributed by atoms with Crippen LogP contribution >= 0.6 is 0 Å². The van der Waals surface area contributed by atoms with Gasteiger partial charge in [-0.3, -0.25) is 4.79 Å². The van der Waals surface area contributed by atoms with Crippen LogP contribution in [0.1, 0.15) is 45.7 Å². The van der Waals surface area contributed by atoms with Gasteiger partial charge in [0.15, 0.2) is 17.6 Å². The molecule has 0 spiro atoms. The summed E-state index contributed by atoms with van der Waals surface area (Å²) in [5.74, 6) is 2.48. The Hall–Kier alpha value is -2.89. The van der Waals surface area contributed by atoms with E-state index in [1.165, 1.54) is 0 Å². The van der Waals surface area contributed by atoms with Gasteiger partial charge in [0.2, 0.25) is 0 Å². The lowest BCUT2D eigenvalue weighted by Gasteiger charge is -2.22. The number of nitrogens with one attached hydrogen (secondary N) is 1. The molecule has 0 heterocycles. The minimum atomic E-state index is -0.599. The van der Waals surface area contributed by atoms with Crippen molar-refractivity contribution >= 4 is 5.91 Å². The van der Waals surface area contributed by atoms with Gasteiger partial charge >= 0.3 is 0 Å². The fourth-order valence-corrected chi connectivity index (χ4v) is 2.89. The smallest absolute Gasteiger partial charge is 0.261 e. The monoisotopic (exact) mass is 401 g/mol. The van der Waals surface area contributed by atoms with Crippen LogP contribution in [0.15, 0.2) is 42.5 Å². The fourth-order valence-electron chi connectivity index (χ4n) is 2.89. The minimum absolute atomic E-state index is 0.172. The van der Waals surface area contributed by atoms with Crippen LogP contribution in [-0.2, 0) is 4.79 Å². The Bertz CT molecular complexity index is 793. The van der Waals surface area contributed by atoms with Crippen LogP contribution in [-0.4, -0.2) is 32.3 Å². The Labute approximate surface area is 173 Å². The van der Waals surface area contributed by atoms with Crippen molar-refractivity contribution in [3.05, 3.63) is 48.0 Å². The van der Waals surface area contributed by atoms with E-state index in [9.17, 15) is 4.79 Å². The van der Waals surface area contributed by atoms with Crippen LogP contribution < -0.4 is 24.3 Å². The summed E-state index contributed by atoms with van der Waals surface area (Å²) in [4.78, 5) is 12.8. The van der Waals surface area contributed by atoms with Crippen LogP contribution in [0.4, 0.5) is 0 Å². The zero-order valence-corrected chi connectivity index (χ0v) is 17.9. The number of amides is 1. The number of methoxy groups -OCH3 is 1. The number of hydrogen-bond acceptors (Lipinski definition) is 5. The lowest BCUT2D eigenvalue weighted by atomic mass is 10.1.